The first-order valence-corrected chi connectivity index (χ1v) is 9.51. The number of amides is 2. The van der Waals surface area contributed by atoms with Crippen molar-refractivity contribution >= 4 is 23.4 Å². The molecule has 1 N–H and O–H groups in total. The summed E-state index contributed by atoms with van der Waals surface area (Å²) in [6.07, 6.45) is 3.65. The minimum Gasteiger partial charge on any atom is -0.483 e. The second-order valence-electron chi connectivity index (χ2n) is 6.27. The van der Waals surface area contributed by atoms with E-state index >= 15 is 0 Å². The molecule has 1 aliphatic rings. The van der Waals surface area contributed by atoms with Crippen molar-refractivity contribution < 1.29 is 14.3 Å². The van der Waals surface area contributed by atoms with Gasteiger partial charge in [-0.25, -0.2) is 0 Å². The van der Waals surface area contributed by atoms with Crippen molar-refractivity contribution in [2.24, 2.45) is 0 Å². The Balaban J connectivity index is 1.71. The standard InChI is InChI=1S/C19H27ClN2O3/c1-2-15-6-3-4-7-17(15)25-14-18(23)21-16-9-12-22(13-10-16)19(24)8-5-11-20/h3-4,6-7,16H,2,5,8-14H2,1H3,(H,21,23). The van der Waals surface area contributed by atoms with Crippen LogP contribution in [0.5, 0.6) is 5.75 Å². The molecule has 5 nitrogen and oxygen atoms in total. The Hall–Kier alpha value is -1.75. The third kappa shape index (κ3) is 6.24. The van der Waals surface area contributed by atoms with Crippen LogP contribution >= 0.6 is 11.6 Å². The van der Waals surface area contributed by atoms with Crippen molar-refractivity contribution in [1.29, 1.82) is 0 Å². The van der Waals surface area contributed by atoms with E-state index in [0.717, 1.165) is 30.6 Å². The monoisotopic (exact) mass is 366 g/mol. The minimum absolute atomic E-state index is 0.0197. The van der Waals surface area contributed by atoms with Gasteiger partial charge in [0.2, 0.25) is 5.91 Å². The Morgan fingerprint density at radius 1 is 1.28 bits per heavy atom. The lowest BCUT2D eigenvalue weighted by Gasteiger charge is -2.32. The highest BCUT2D eigenvalue weighted by Crippen LogP contribution is 2.18. The number of piperidine rings is 1. The SMILES string of the molecule is CCc1ccccc1OCC(=O)NC1CCN(C(=O)CCCCl)CC1. The first kappa shape index (κ1) is 19.6. The van der Waals surface area contributed by atoms with E-state index in [4.69, 9.17) is 16.3 Å². The summed E-state index contributed by atoms with van der Waals surface area (Å²) in [7, 11) is 0. The zero-order valence-corrected chi connectivity index (χ0v) is 15.6. The molecular formula is C19H27ClN2O3. The van der Waals surface area contributed by atoms with E-state index in [1.54, 1.807) is 0 Å². The Morgan fingerprint density at radius 3 is 2.68 bits per heavy atom. The number of hydrogen-bond donors (Lipinski definition) is 1. The number of hydrogen-bond acceptors (Lipinski definition) is 3. The lowest BCUT2D eigenvalue weighted by atomic mass is 10.0. The number of carbonyl (C=O) groups is 2. The molecule has 6 heteroatoms. The number of ether oxygens (including phenoxy) is 1. The minimum atomic E-state index is -0.113. The van der Waals surface area contributed by atoms with Gasteiger partial charge in [0.15, 0.2) is 6.61 Å². The van der Waals surface area contributed by atoms with Crippen molar-refractivity contribution in [2.45, 2.75) is 45.1 Å². The van der Waals surface area contributed by atoms with E-state index in [1.165, 1.54) is 0 Å². The van der Waals surface area contributed by atoms with Crippen LogP contribution in [0.1, 0.15) is 38.2 Å². The van der Waals surface area contributed by atoms with Crippen molar-refractivity contribution in [3.05, 3.63) is 29.8 Å². The second kappa shape index (κ2) is 10.3. The zero-order valence-electron chi connectivity index (χ0n) is 14.8. The van der Waals surface area contributed by atoms with E-state index in [9.17, 15) is 9.59 Å². The van der Waals surface area contributed by atoms with Crippen molar-refractivity contribution in [3.8, 4) is 5.75 Å². The van der Waals surface area contributed by atoms with E-state index in [-0.39, 0.29) is 24.5 Å². The van der Waals surface area contributed by atoms with Crippen LogP contribution in [0.25, 0.3) is 0 Å². The lowest BCUT2D eigenvalue weighted by Crippen LogP contribution is -2.47. The summed E-state index contributed by atoms with van der Waals surface area (Å²) >= 11 is 5.63. The molecule has 2 rings (SSSR count). The fraction of sp³-hybridized carbons (Fsp3) is 0.579. The molecule has 0 saturated carbocycles. The van der Waals surface area contributed by atoms with Gasteiger partial charge < -0.3 is 15.0 Å². The Kier molecular flexibility index (Phi) is 8.06. The molecule has 25 heavy (non-hydrogen) atoms. The number of nitrogens with one attached hydrogen (secondary N) is 1. The summed E-state index contributed by atoms with van der Waals surface area (Å²) in [5.41, 5.74) is 1.10. The van der Waals surface area contributed by atoms with Crippen LogP contribution in [-0.4, -0.2) is 48.3 Å². The number of likely N-dealkylation sites (tertiary alicyclic amines) is 1. The van der Waals surface area contributed by atoms with Crippen LogP contribution < -0.4 is 10.1 Å². The summed E-state index contributed by atoms with van der Waals surface area (Å²) in [5, 5.41) is 3.01. The molecule has 138 valence electrons. The summed E-state index contributed by atoms with van der Waals surface area (Å²) < 4.78 is 5.65. The summed E-state index contributed by atoms with van der Waals surface area (Å²) in [6, 6.07) is 7.87. The Morgan fingerprint density at radius 2 is 2.00 bits per heavy atom. The van der Waals surface area contributed by atoms with Gasteiger partial charge in [-0.2, -0.15) is 0 Å². The maximum atomic E-state index is 12.1. The van der Waals surface area contributed by atoms with Gasteiger partial charge in [-0.05, 0) is 37.3 Å². The average Bonchev–Trinajstić information content (AvgIpc) is 2.65. The predicted octanol–water partition coefficient (Wildman–Crippen LogP) is 2.75. The van der Waals surface area contributed by atoms with Gasteiger partial charge in [0, 0.05) is 31.4 Å². The van der Waals surface area contributed by atoms with Crippen LogP contribution in [0, 0.1) is 0 Å². The molecule has 1 aliphatic heterocycles. The van der Waals surface area contributed by atoms with E-state index in [2.05, 4.69) is 12.2 Å². The van der Waals surface area contributed by atoms with Crippen LogP contribution in [0.15, 0.2) is 24.3 Å². The molecule has 2 amide bonds. The quantitative estimate of drug-likeness (QED) is 0.720. The first-order chi connectivity index (χ1) is 12.1. The molecular weight excluding hydrogens is 340 g/mol. The van der Waals surface area contributed by atoms with Gasteiger partial charge in [-0.3, -0.25) is 9.59 Å². The van der Waals surface area contributed by atoms with E-state index < -0.39 is 0 Å². The van der Waals surface area contributed by atoms with Gasteiger partial charge in [0.25, 0.3) is 5.91 Å². The highest BCUT2D eigenvalue weighted by molar-refractivity contribution is 6.17. The number of alkyl halides is 1. The van der Waals surface area contributed by atoms with Gasteiger partial charge >= 0.3 is 0 Å². The number of carbonyl (C=O) groups excluding carboxylic acids is 2. The van der Waals surface area contributed by atoms with Crippen molar-refractivity contribution in [2.75, 3.05) is 25.6 Å². The highest BCUT2D eigenvalue weighted by Gasteiger charge is 2.23. The highest BCUT2D eigenvalue weighted by atomic mass is 35.5. The summed E-state index contributed by atoms with van der Waals surface area (Å²) in [6.45, 7) is 3.45. The number of aryl methyl sites for hydroxylation is 1. The number of benzene rings is 1. The topological polar surface area (TPSA) is 58.6 Å². The molecule has 0 bridgehead atoms. The fourth-order valence-electron chi connectivity index (χ4n) is 3.00. The average molecular weight is 367 g/mol. The van der Waals surface area contributed by atoms with Crippen LogP contribution in [-0.2, 0) is 16.0 Å². The molecule has 0 unspecified atom stereocenters. The Labute approximate surface area is 154 Å². The summed E-state index contributed by atoms with van der Waals surface area (Å²) in [5.74, 6) is 1.32. The lowest BCUT2D eigenvalue weighted by molar-refractivity contribution is -0.132. The molecule has 1 aromatic carbocycles. The zero-order chi connectivity index (χ0) is 18.1. The number of para-hydroxylation sites is 1. The molecule has 1 fully saturated rings. The van der Waals surface area contributed by atoms with Crippen molar-refractivity contribution in [3.63, 3.8) is 0 Å². The number of rotatable bonds is 8. The fourth-order valence-corrected chi connectivity index (χ4v) is 3.13. The van der Waals surface area contributed by atoms with Gasteiger partial charge in [-0.15, -0.1) is 11.6 Å². The van der Waals surface area contributed by atoms with Gasteiger partial charge in [0.05, 0.1) is 0 Å². The maximum Gasteiger partial charge on any atom is 0.258 e. The van der Waals surface area contributed by atoms with Crippen molar-refractivity contribution in [1.82, 2.24) is 10.2 Å². The van der Waals surface area contributed by atoms with Crippen LogP contribution in [0.2, 0.25) is 0 Å². The van der Waals surface area contributed by atoms with Crippen LogP contribution in [0.4, 0.5) is 0 Å². The smallest absolute Gasteiger partial charge is 0.258 e. The molecule has 0 aromatic heterocycles. The molecule has 0 spiro atoms. The van der Waals surface area contributed by atoms with Gasteiger partial charge in [-0.1, -0.05) is 25.1 Å². The number of halogens is 1. The molecule has 1 saturated heterocycles. The number of nitrogens with zero attached hydrogens (tertiary/aromatic N) is 1. The second-order valence-corrected chi connectivity index (χ2v) is 6.64. The third-order valence-corrected chi connectivity index (χ3v) is 4.72. The van der Waals surface area contributed by atoms with Crippen LogP contribution in [0.3, 0.4) is 0 Å². The molecule has 0 atom stereocenters. The molecule has 0 aliphatic carbocycles. The molecule has 1 aromatic rings. The predicted molar refractivity (Wildman–Crippen MR) is 99.0 cm³/mol. The summed E-state index contributed by atoms with van der Waals surface area (Å²) in [4.78, 5) is 25.9. The normalized spacial score (nSPS) is 15.0. The molecule has 0 radical (unpaired) electrons. The van der Waals surface area contributed by atoms with Gasteiger partial charge in [0.1, 0.15) is 5.75 Å². The van der Waals surface area contributed by atoms with E-state index in [0.29, 0.717) is 31.8 Å². The molecule has 1 heterocycles. The largest absolute Gasteiger partial charge is 0.483 e. The maximum absolute atomic E-state index is 12.1. The first-order valence-electron chi connectivity index (χ1n) is 8.97. The van der Waals surface area contributed by atoms with E-state index in [1.807, 2.05) is 29.2 Å². The Bertz CT molecular complexity index is 572. The third-order valence-electron chi connectivity index (χ3n) is 4.45.